The van der Waals surface area contributed by atoms with Crippen molar-refractivity contribution >= 4 is 11.9 Å². The molecule has 0 atom stereocenters. The smallest absolute Gasteiger partial charge is 0.305 e. The number of hydrogen-bond acceptors (Lipinski definition) is 3. The standard InChI is InChI=1S/C41H78O4/c1-2-3-4-5-6-7-8-9-10-13-17-20-23-26-29-32-35-38-41(44)45-39-36-33-30-27-24-21-18-15-12-11-14-16-19-22-25-28-31-34-37-40(42)43/h7-8H,2-6,9-39H2,1H3,(H,42,43). The third-order valence-electron chi connectivity index (χ3n) is 9.19. The van der Waals surface area contributed by atoms with Crippen molar-refractivity contribution in [2.45, 2.75) is 232 Å². The minimum atomic E-state index is -0.661. The van der Waals surface area contributed by atoms with Crippen LogP contribution in [-0.2, 0) is 14.3 Å². The van der Waals surface area contributed by atoms with Crippen molar-refractivity contribution in [1.29, 1.82) is 0 Å². The summed E-state index contributed by atoms with van der Waals surface area (Å²) in [5.41, 5.74) is 0. The van der Waals surface area contributed by atoms with E-state index in [0.29, 0.717) is 19.4 Å². The fourth-order valence-electron chi connectivity index (χ4n) is 6.16. The van der Waals surface area contributed by atoms with Gasteiger partial charge in [-0.1, -0.05) is 186 Å². The van der Waals surface area contributed by atoms with Crippen LogP contribution in [0.25, 0.3) is 0 Å². The van der Waals surface area contributed by atoms with Crippen LogP contribution in [0.3, 0.4) is 0 Å². The maximum atomic E-state index is 12.0. The molecule has 0 fully saturated rings. The molecule has 0 saturated heterocycles. The average Bonchev–Trinajstić information content (AvgIpc) is 3.03. The van der Waals surface area contributed by atoms with Crippen LogP contribution in [0.4, 0.5) is 0 Å². The summed E-state index contributed by atoms with van der Waals surface area (Å²) in [6, 6.07) is 0. The van der Waals surface area contributed by atoms with E-state index in [4.69, 9.17) is 9.84 Å². The van der Waals surface area contributed by atoms with Crippen LogP contribution in [0.2, 0.25) is 0 Å². The maximum Gasteiger partial charge on any atom is 0.305 e. The van der Waals surface area contributed by atoms with E-state index in [-0.39, 0.29) is 5.97 Å². The molecule has 4 nitrogen and oxygen atoms in total. The van der Waals surface area contributed by atoms with E-state index >= 15 is 0 Å². The second-order valence-electron chi connectivity index (χ2n) is 13.8. The van der Waals surface area contributed by atoms with Crippen molar-refractivity contribution in [1.82, 2.24) is 0 Å². The van der Waals surface area contributed by atoms with Crippen molar-refractivity contribution in [3.63, 3.8) is 0 Å². The van der Waals surface area contributed by atoms with Gasteiger partial charge in [0.1, 0.15) is 0 Å². The van der Waals surface area contributed by atoms with Gasteiger partial charge in [0.2, 0.25) is 0 Å². The number of rotatable bonds is 38. The Kier molecular flexibility index (Phi) is 37.7. The molecule has 0 saturated carbocycles. The lowest BCUT2D eigenvalue weighted by molar-refractivity contribution is -0.144. The van der Waals surface area contributed by atoms with Gasteiger partial charge in [0.15, 0.2) is 0 Å². The molecule has 0 amide bonds. The molecule has 0 aromatic heterocycles. The van der Waals surface area contributed by atoms with E-state index in [1.54, 1.807) is 0 Å². The fourth-order valence-corrected chi connectivity index (χ4v) is 6.16. The van der Waals surface area contributed by atoms with Crippen molar-refractivity contribution in [3.8, 4) is 0 Å². The van der Waals surface area contributed by atoms with E-state index in [0.717, 1.165) is 32.1 Å². The van der Waals surface area contributed by atoms with E-state index < -0.39 is 5.97 Å². The second kappa shape index (κ2) is 38.9. The lowest BCUT2D eigenvalue weighted by Gasteiger charge is -2.06. The number of carbonyl (C=O) groups excluding carboxylic acids is 1. The molecule has 0 aliphatic rings. The lowest BCUT2D eigenvalue weighted by Crippen LogP contribution is -2.05. The zero-order chi connectivity index (χ0) is 32.7. The van der Waals surface area contributed by atoms with Crippen molar-refractivity contribution < 1.29 is 19.4 Å². The number of carboxylic acid groups (broad SMARTS) is 1. The van der Waals surface area contributed by atoms with E-state index in [9.17, 15) is 9.59 Å². The van der Waals surface area contributed by atoms with Crippen molar-refractivity contribution in [3.05, 3.63) is 12.2 Å². The zero-order valence-electron chi connectivity index (χ0n) is 30.3. The Bertz CT molecular complexity index is 629. The van der Waals surface area contributed by atoms with E-state index in [1.165, 1.54) is 180 Å². The van der Waals surface area contributed by atoms with Crippen LogP contribution in [-0.4, -0.2) is 23.7 Å². The Morgan fingerprint density at radius 2 is 0.733 bits per heavy atom. The van der Waals surface area contributed by atoms with Crippen LogP contribution in [0, 0.1) is 0 Å². The van der Waals surface area contributed by atoms with Gasteiger partial charge in [0.25, 0.3) is 0 Å². The molecule has 45 heavy (non-hydrogen) atoms. The average molecular weight is 635 g/mol. The van der Waals surface area contributed by atoms with Gasteiger partial charge in [-0.3, -0.25) is 9.59 Å². The Morgan fingerprint density at radius 3 is 1.11 bits per heavy atom. The number of carbonyl (C=O) groups is 2. The molecule has 0 rings (SSSR count). The summed E-state index contributed by atoms with van der Waals surface area (Å²) in [5, 5.41) is 8.64. The number of aliphatic carboxylic acids is 1. The van der Waals surface area contributed by atoms with Gasteiger partial charge < -0.3 is 9.84 Å². The van der Waals surface area contributed by atoms with E-state index in [1.807, 2.05) is 0 Å². The first-order chi connectivity index (χ1) is 22.2. The Morgan fingerprint density at radius 1 is 0.422 bits per heavy atom. The SMILES string of the molecule is CCCCCCC=CCCCCCCCCCCCC(=O)OCCCCCCCCCCCCCCCCCCCCC(=O)O. The molecule has 0 aromatic rings. The first-order valence-corrected chi connectivity index (χ1v) is 20.2. The highest BCUT2D eigenvalue weighted by Gasteiger charge is 2.03. The Hall–Kier alpha value is -1.32. The van der Waals surface area contributed by atoms with Crippen molar-refractivity contribution in [2.75, 3.05) is 6.61 Å². The number of esters is 1. The van der Waals surface area contributed by atoms with Gasteiger partial charge in [-0.2, -0.15) is 0 Å². The molecular formula is C41H78O4. The third-order valence-corrected chi connectivity index (χ3v) is 9.19. The first-order valence-electron chi connectivity index (χ1n) is 20.2. The van der Waals surface area contributed by atoms with Crippen LogP contribution in [0.5, 0.6) is 0 Å². The summed E-state index contributed by atoms with van der Waals surface area (Å²) in [6.45, 7) is 2.88. The quantitative estimate of drug-likeness (QED) is 0.0417. The number of carboxylic acids is 1. The summed E-state index contributed by atoms with van der Waals surface area (Å²) in [6.07, 6.45) is 48.1. The molecule has 1 N–H and O–H groups in total. The summed E-state index contributed by atoms with van der Waals surface area (Å²) in [4.78, 5) is 22.5. The fraction of sp³-hybridized carbons (Fsp3) is 0.902. The normalized spacial score (nSPS) is 11.5. The number of unbranched alkanes of at least 4 members (excludes halogenated alkanes) is 30. The molecule has 0 radical (unpaired) electrons. The zero-order valence-corrected chi connectivity index (χ0v) is 30.3. The number of ether oxygens (including phenoxy) is 1. The van der Waals surface area contributed by atoms with Crippen LogP contribution >= 0.6 is 0 Å². The summed E-state index contributed by atoms with van der Waals surface area (Å²) in [7, 11) is 0. The third kappa shape index (κ3) is 40.7. The van der Waals surface area contributed by atoms with E-state index in [2.05, 4.69) is 19.1 Å². The highest BCUT2D eigenvalue weighted by atomic mass is 16.5. The molecule has 0 aliphatic carbocycles. The Labute approximate surface area is 281 Å². The molecular weight excluding hydrogens is 556 g/mol. The predicted molar refractivity (Wildman–Crippen MR) is 195 cm³/mol. The van der Waals surface area contributed by atoms with Gasteiger partial charge in [0, 0.05) is 12.8 Å². The van der Waals surface area contributed by atoms with Gasteiger partial charge >= 0.3 is 11.9 Å². The molecule has 0 aromatic carbocycles. The minimum Gasteiger partial charge on any atom is -0.481 e. The monoisotopic (exact) mass is 635 g/mol. The van der Waals surface area contributed by atoms with Gasteiger partial charge in [-0.05, 0) is 44.9 Å². The molecule has 0 aliphatic heterocycles. The van der Waals surface area contributed by atoms with Gasteiger partial charge in [-0.25, -0.2) is 0 Å². The second-order valence-corrected chi connectivity index (χ2v) is 13.8. The molecule has 4 heteroatoms. The number of hydrogen-bond donors (Lipinski definition) is 1. The lowest BCUT2D eigenvalue weighted by atomic mass is 10.0. The number of allylic oxidation sites excluding steroid dienone is 2. The first kappa shape index (κ1) is 43.7. The largest absolute Gasteiger partial charge is 0.481 e. The van der Waals surface area contributed by atoms with Crippen LogP contribution in [0.1, 0.15) is 232 Å². The minimum absolute atomic E-state index is 0.00923. The van der Waals surface area contributed by atoms with Crippen LogP contribution < -0.4 is 0 Å². The van der Waals surface area contributed by atoms with Gasteiger partial charge in [0.05, 0.1) is 6.61 Å². The highest BCUT2D eigenvalue weighted by molar-refractivity contribution is 5.69. The Balaban J connectivity index is 3.17. The highest BCUT2D eigenvalue weighted by Crippen LogP contribution is 2.15. The topological polar surface area (TPSA) is 63.6 Å². The molecule has 0 bridgehead atoms. The van der Waals surface area contributed by atoms with Crippen molar-refractivity contribution in [2.24, 2.45) is 0 Å². The molecule has 0 heterocycles. The maximum absolute atomic E-state index is 12.0. The van der Waals surface area contributed by atoms with Crippen LogP contribution in [0.15, 0.2) is 12.2 Å². The molecule has 0 unspecified atom stereocenters. The summed E-state index contributed by atoms with van der Waals surface area (Å²) >= 11 is 0. The summed E-state index contributed by atoms with van der Waals surface area (Å²) < 4.78 is 5.45. The predicted octanol–water partition coefficient (Wildman–Crippen LogP) is 13.8. The summed E-state index contributed by atoms with van der Waals surface area (Å²) in [5.74, 6) is -0.652. The molecule has 0 spiro atoms. The van der Waals surface area contributed by atoms with Gasteiger partial charge in [-0.15, -0.1) is 0 Å². The molecule has 266 valence electrons.